The van der Waals surface area contributed by atoms with Gasteiger partial charge in [0, 0.05) is 13.6 Å². The number of likely N-dealkylation sites (N-methyl/N-ethyl adjacent to an activating group) is 1. The van der Waals surface area contributed by atoms with Crippen molar-refractivity contribution in [3.8, 4) is 0 Å². The number of hydrogen-bond acceptors (Lipinski definition) is 4. The molecule has 2 N–H and O–H groups in total. The van der Waals surface area contributed by atoms with Crippen LogP contribution in [0, 0.1) is 0 Å². The van der Waals surface area contributed by atoms with Crippen LogP contribution in [0.25, 0.3) is 0 Å². The van der Waals surface area contributed by atoms with Gasteiger partial charge in [-0.2, -0.15) is 0 Å². The van der Waals surface area contributed by atoms with E-state index in [1.807, 2.05) is 26.0 Å². The molecule has 5 nitrogen and oxygen atoms in total. The Kier molecular flexibility index (Phi) is 2.78. The number of rotatable bonds is 3. The van der Waals surface area contributed by atoms with Gasteiger partial charge in [-0.25, -0.2) is 0 Å². The van der Waals surface area contributed by atoms with Crippen LogP contribution in [-0.2, 0) is 7.05 Å². The molecule has 12 heavy (non-hydrogen) atoms. The Labute approximate surface area is 72.2 Å². The molecule has 0 saturated heterocycles. The molecule has 0 saturated carbocycles. The van der Waals surface area contributed by atoms with E-state index in [0.29, 0.717) is 0 Å². The van der Waals surface area contributed by atoms with Gasteiger partial charge in [0.25, 0.3) is 0 Å². The molecule has 0 aliphatic rings. The molecule has 0 aromatic carbocycles. The monoisotopic (exact) mass is 169 g/mol. The first-order valence-corrected chi connectivity index (χ1v) is 3.86. The first kappa shape index (κ1) is 9.15. The molecular weight excluding hydrogens is 154 g/mol. The van der Waals surface area contributed by atoms with Crippen LogP contribution in [0.15, 0.2) is 6.20 Å². The normalized spacial score (nSPS) is 13.8. The summed E-state index contributed by atoms with van der Waals surface area (Å²) in [5.74, 6) is 0. The Morgan fingerprint density at radius 1 is 1.67 bits per heavy atom. The summed E-state index contributed by atoms with van der Waals surface area (Å²) in [6, 6.07) is -0.0139. The van der Waals surface area contributed by atoms with E-state index >= 15 is 0 Å². The average Bonchev–Trinajstić information content (AvgIpc) is 2.33. The Balaban J connectivity index is 2.65. The molecule has 1 unspecified atom stereocenters. The third kappa shape index (κ3) is 2.02. The zero-order valence-corrected chi connectivity index (χ0v) is 7.73. The van der Waals surface area contributed by atoms with Gasteiger partial charge in [0.15, 0.2) is 0 Å². The smallest absolute Gasteiger partial charge is 0.0764 e. The lowest BCUT2D eigenvalue weighted by Crippen LogP contribution is -2.27. The third-order valence-corrected chi connectivity index (χ3v) is 1.69. The lowest BCUT2D eigenvalue weighted by Gasteiger charge is -2.15. The first-order chi connectivity index (χ1) is 5.61. The van der Waals surface area contributed by atoms with Crippen LogP contribution >= 0.6 is 0 Å². The van der Waals surface area contributed by atoms with Crippen molar-refractivity contribution in [3.63, 3.8) is 0 Å². The minimum Gasteiger partial charge on any atom is -0.322 e. The topological polar surface area (TPSA) is 60.0 Å². The standard InChI is InChI=1S/C7H15N5/c1-11(2)5-6(8)7-4-9-10-12(7)3/h4,6H,5,8H2,1-3H3. The van der Waals surface area contributed by atoms with Gasteiger partial charge in [0.2, 0.25) is 0 Å². The molecule has 1 atom stereocenters. The number of aryl methyl sites for hydroxylation is 1. The van der Waals surface area contributed by atoms with Gasteiger partial charge in [0.1, 0.15) is 0 Å². The number of aromatic nitrogens is 3. The maximum Gasteiger partial charge on any atom is 0.0764 e. The Bertz CT molecular complexity index is 242. The molecule has 1 aromatic rings. The minimum absolute atomic E-state index is 0.0139. The van der Waals surface area contributed by atoms with Gasteiger partial charge in [-0.15, -0.1) is 5.10 Å². The van der Waals surface area contributed by atoms with Gasteiger partial charge in [0.05, 0.1) is 17.9 Å². The van der Waals surface area contributed by atoms with Gasteiger partial charge in [-0.05, 0) is 14.1 Å². The lowest BCUT2D eigenvalue weighted by molar-refractivity contribution is 0.368. The highest BCUT2D eigenvalue weighted by molar-refractivity contribution is 5.00. The zero-order valence-electron chi connectivity index (χ0n) is 7.73. The predicted molar refractivity (Wildman–Crippen MR) is 46.5 cm³/mol. The van der Waals surface area contributed by atoms with E-state index in [2.05, 4.69) is 10.3 Å². The number of nitrogens with two attached hydrogens (primary N) is 1. The van der Waals surface area contributed by atoms with E-state index in [1.54, 1.807) is 10.9 Å². The van der Waals surface area contributed by atoms with Crippen LogP contribution in [0.4, 0.5) is 0 Å². The fourth-order valence-electron chi connectivity index (χ4n) is 1.12. The number of nitrogens with zero attached hydrogens (tertiary/aromatic N) is 4. The van der Waals surface area contributed by atoms with Crippen molar-refractivity contribution in [3.05, 3.63) is 11.9 Å². The maximum atomic E-state index is 5.90. The molecule has 1 heterocycles. The van der Waals surface area contributed by atoms with Gasteiger partial charge < -0.3 is 10.6 Å². The summed E-state index contributed by atoms with van der Waals surface area (Å²) in [6.45, 7) is 0.807. The summed E-state index contributed by atoms with van der Waals surface area (Å²) in [4.78, 5) is 2.04. The molecule has 68 valence electrons. The van der Waals surface area contributed by atoms with E-state index < -0.39 is 0 Å². The summed E-state index contributed by atoms with van der Waals surface area (Å²) in [5.41, 5.74) is 6.86. The summed E-state index contributed by atoms with van der Waals surface area (Å²) < 4.78 is 1.70. The van der Waals surface area contributed by atoms with Crippen LogP contribution in [0.5, 0.6) is 0 Å². The van der Waals surface area contributed by atoms with E-state index in [9.17, 15) is 0 Å². The zero-order chi connectivity index (χ0) is 9.14. The van der Waals surface area contributed by atoms with Crippen LogP contribution < -0.4 is 5.73 Å². The molecule has 0 aliphatic heterocycles. The van der Waals surface area contributed by atoms with E-state index in [0.717, 1.165) is 12.2 Å². The summed E-state index contributed by atoms with van der Waals surface area (Å²) >= 11 is 0. The highest BCUT2D eigenvalue weighted by Gasteiger charge is 2.10. The van der Waals surface area contributed by atoms with Crippen molar-refractivity contribution < 1.29 is 0 Å². The summed E-state index contributed by atoms with van der Waals surface area (Å²) in [5, 5.41) is 7.58. The lowest BCUT2D eigenvalue weighted by atomic mass is 10.2. The quantitative estimate of drug-likeness (QED) is 0.655. The molecule has 0 bridgehead atoms. The molecule has 1 aromatic heterocycles. The molecule has 0 fully saturated rings. The number of hydrogen-bond donors (Lipinski definition) is 1. The van der Waals surface area contributed by atoms with Gasteiger partial charge in [-0.1, -0.05) is 5.21 Å². The van der Waals surface area contributed by atoms with Crippen molar-refractivity contribution in [2.24, 2.45) is 12.8 Å². The van der Waals surface area contributed by atoms with Gasteiger partial charge >= 0.3 is 0 Å². The van der Waals surface area contributed by atoms with Crippen LogP contribution in [0.1, 0.15) is 11.7 Å². The highest BCUT2D eigenvalue weighted by atomic mass is 15.4. The second kappa shape index (κ2) is 3.64. The SMILES string of the molecule is CN(C)CC(N)c1cnnn1C. The molecule has 0 spiro atoms. The first-order valence-electron chi connectivity index (χ1n) is 3.86. The summed E-state index contributed by atoms with van der Waals surface area (Å²) in [6.07, 6.45) is 1.70. The third-order valence-electron chi connectivity index (χ3n) is 1.69. The Hall–Kier alpha value is -0.940. The Morgan fingerprint density at radius 3 is 2.75 bits per heavy atom. The van der Waals surface area contributed by atoms with Crippen molar-refractivity contribution >= 4 is 0 Å². The van der Waals surface area contributed by atoms with Crippen molar-refractivity contribution in [2.75, 3.05) is 20.6 Å². The molecule has 1 rings (SSSR count). The average molecular weight is 169 g/mol. The second-order valence-corrected chi connectivity index (χ2v) is 3.15. The van der Waals surface area contributed by atoms with Crippen molar-refractivity contribution in [1.29, 1.82) is 0 Å². The van der Waals surface area contributed by atoms with Crippen LogP contribution in [-0.4, -0.2) is 40.5 Å². The molecular formula is C7H15N5. The van der Waals surface area contributed by atoms with Gasteiger partial charge in [-0.3, -0.25) is 4.68 Å². The van der Waals surface area contributed by atoms with E-state index in [-0.39, 0.29) is 6.04 Å². The second-order valence-electron chi connectivity index (χ2n) is 3.15. The minimum atomic E-state index is -0.0139. The molecule has 5 heteroatoms. The largest absolute Gasteiger partial charge is 0.322 e. The summed E-state index contributed by atoms with van der Waals surface area (Å²) in [7, 11) is 5.82. The molecule has 0 amide bonds. The van der Waals surface area contributed by atoms with E-state index in [4.69, 9.17) is 5.73 Å². The fraction of sp³-hybridized carbons (Fsp3) is 0.714. The fourth-order valence-corrected chi connectivity index (χ4v) is 1.12. The molecule has 0 aliphatic carbocycles. The van der Waals surface area contributed by atoms with Crippen molar-refractivity contribution in [1.82, 2.24) is 19.9 Å². The van der Waals surface area contributed by atoms with E-state index in [1.165, 1.54) is 0 Å². The van der Waals surface area contributed by atoms with Crippen molar-refractivity contribution in [2.45, 2.75) is 6.04 Å². The van der Waals surface area contributed by atoms with Crippen LogP contribution in [0.3, 0.4) is 0 Å². The Morgan fingerprint density at radius 2 is 2.33 bits per heavy atom. The van der Waals surface area contributed by atoms with Crippen LogP contribution in [0.2, 0.25) is 0 Å². The predicted octanol–water partition coefficient (Wildman–Crippen LogP) is -0.623. The molecule has 0 radical (unpaired) electrons. The maximum absolute atomic E-state index is 5.90. The highest BCUT2D eigenvalue weighted by Crippen LogP contribution is 2.06.